The van der Waals surface area contributed by atoms with Crippen LogP contribution in [0.25, 0.3) is 0 Å². The number of nitrogens with zero attached hydrogens (tertiary/aromatic N) is 1. The van der Waals surface area contributed by atoms with Crippen molar-refractivity contribution in [2.24, 2.45) is 0 Å². The highest BCUT2D eigenvalue weighted by Crippen LogP contribution is 2.44. The van der Waals surface area contributed by atoms with E-state index in [2.05, 4.69) is 6.92 Å². The van der Waals surface area contributed by atoms with E-state index in [0.717, 1.165) is 50.5 Å². The summed E-state index contributed by atoms with van der Waals surface area (Å²) in [5.41, 5.74) is 0. The summed E-state index contributed by atoms with van der Waals surface area (Å²) in [7, 11) is -5.66. The van der Waals surface area contributed by atoms with Crippen molar-refractivity contribution in [2.45, 2.75) is 82.3 Å². The predicted molar refractivity (Wildman–Crippen MR) is 87.5 cm³/mol. The van der Waals surface area contributed by atoms with Gasteiger partial charge < -0.3 is 0 Å². The number of allylic oxidation sites excluding steroid dienone is 1. The lowest BCUT2D eigenvalue weighted by Crippen LogP contribution is -2.48. The predicted octanol–water partition coefficient (Wildman–Crippen LogP) is 5.21. The lowest BCUT2D eigenvalue weighted by molar-refractivity contribution is -0.199. The number of hydrogen-bond donors (Lipinski definition) is 1. The Morgan fingerprint density at radius 3 is 1.76 bits per heavy atom. The Balaban J connectivity index is 4.74. The van der Waals surface area contributed by atoms with Crippen LogP contribution in [0.15, 0.2) is 4.91 Å². The summed E-state index contributed by atoms with van der Waals surface area (Å²) >= 11 is 0. The molecule has 0 aliphatic rings. The number of rotatable bonds is 12. The fourth-order valence-corrected chi connectivity index (χ4v) is 3.70. The fraction of sp³-hybridized carbons (Fsp3) is 0.812. The zero-order chi connectivity index (χ0) is 19.6. The Morgan fingerprint density at radius 2 is 1.40 bits per heavy atom. The highest BCUT2D eigenvalue weighted by molar-refractivity contribution is 7.97. The Hall–Kier alpha value is -1.39. The summed E-state index contributed by atoms with van der Waals surface area (Å²) in [6, 6.07) is 0.895. The monoisotopic (exact) mass is 384 g/mol. The van der Waals surface area contributed by atoms with Crippen molar-refractivity contribution < 1.29 is 26.0 Å². The molecule has 9 heteroatoms. The highest BCUT2D eigenvalue weighted by atomic mass is 32.2. The summed E-state index contributed by atoms with van der Waals surface area (Å²) in [6.45, 7) is 2.09. The van der Waals surface area contributed by atoms with Gasteiger partial charge in [0.2, 0.25) is 14.7 Å². The van der Waals surface area contributed by atoms with Crippen LogP contribution in [-0.2, 0) is 9.84 Å². The van der Waals surface area contributed by atoms with Crippen LogP contribution < -0.4 is 0 Å². The maximum atomic E-state index is 14.4. The lowest BCUT2D eigenvalue weighted by Gasteiger charge is -2.26. The first-order chi connectivity index (χ1) is 11.6. The maximum absolute atomic E-state index is 14.4. The third-order valence-corrected chi connectivity index (χ3v) is 5.95. The first kappa shape index (κ1) is 23.6. The molecule has 0 rings (SSSR count). The number of hydrogen-bond acceptors (Lipinski definition) is 4. The third-order valence-electron chi connectivity index (χ3n) is 3.93. The number of unbranched alkanes of at least 4 members (excludes halogenated alkanes) is 8. The van der Waals surface area contributed by atoms with Gasteiger partial charge in [0.05, 0.1) is 0 Å². The summed E-state index contributed by atoms with van der Waals surface area (Å²) in [5.74, 6) is 1.08. The van der Waals surface area contributed by atoms with Gasteiger partial charge in [0.1, 0.15) is 6.07 Å². The zero-order valence-corrected chi connectivity index (χ0v) is 15.1. The summed E-state index contributed by atoms with van der Waals surface area (Å²) in [4.78, 5) is -1.65. The maximum Gasteiger partial charge on any atom is 0.437 e. The summed E-state index contributed by atoms with van der Waals surface area (Å²) in [6.07, 6.45) is -0.287. The molecule has 0 aromatic carbocycles. The van der Waals surface area contributed by atoms with E-state index in [1.807, 2.05) is 0 Å². The van der Waals surface area contributed by atoms with Crippen molar-refractivity contribution in [3.05, 3.63) is 4.91 Å². The second-order valence-electron chi connectivity index (χ2n) is 5.87. The number of sulfone groups is 1. The van der Waals surface area contributed by atoms with Gasteiger partial charge in [0.15, 0.2) is 0 Å². The first-order valence-electron chi connectivity index (χ1n) is 8.28. The molecular formula is C16H24F4N2O2S. The second-order valence-corrected chi connectivity index (χ2v) is 7.94. The Morgan fingerprint density at radius 1 is 0.960 bits per heavy atom. The van der Waals surface area contributed by atoms with Crippen molar-refractivity contribution in [3.63, 3.8) is 0 Å². The quantitative estimate of drug-likeness (QED) is 0.217. The van der Waals surface area contributed by atoms with E-state index in [1.165, 1.54) is 0 Å². The molecule has 1 atom stereocenters. The lowest BCUT2D eigenvalue weighted by atomic mass is 10.1. The minimum absolute atomic E-state index is 0.265. The second kappa shape index (κ2) is 10.6. The Labute approximate surface area is 146 Å². The van der Waals surface area contributed by atoms with Gasteiger partial charge in [0, 0.05) is 12.3 Å². The van der Waals surface area contributed by atoms with Crippen molar-refractivity contribution in [3.8, 4) is 6.07 Å². The molecule has 0 saturated carbocycles. The molecule has 0 aromatic rings. The Kier molecular flexibility index (Phi) is 9.98. The van der Waals surface area contributed by atoms with Crippen molar-refractivity contribution in [1.82, 2.24) is 0 Å². The van der Waals surface area contributed by atoms with E-state index in [-0.39, 0.29) is 12.8 Å². The molecule has 0 radical (unpaired) electrons. The number of nitriles is 1. The molecule has 1 unspecified atom stereocenters. The molecule has 0 aliphatic carbocycles. The van der Waals surface area contributed by atoms with Gasteiger partial charge in [-0.25, -0.2) is 12.8 Å². The average Bonchev–Trinajstić information content (AvgIpc) is 2.52. The number of alkyl halides is 4. The molecule has 144 valence electrons. The van der Waals surface area contributed by atoms with E-state index in [9.17, 15) is 26.0 Å². The normalized spacial score (nSPS) is 14.4. The van der Waals surface area contributed by atoms with Crippen LogP contribution in [0.1, 0.15) is 71.1 Å². The smallest absolute Gasteiger partial charge is 0.257 e. The van der Waals surface area contributed by atoms with Crippen LogP contribution in [0.2, 0.25) is 0 Å². The molecule has 0 fully saturated rings. The van der Waals surface area contributed by atoms with Gasteiger partial charge in [-0.05, 0) is 6.42 Å². The molecule has 0 aliphatic heterocycles. The van der Waals surface area contributed by atoms with E-state index in [1.54, 1.807) is 0 Å². The molecule has 0 heterocycles. The van der Waals surface area contributed by atoms with Gasteiger partial charge >= 0.3 is 11.2 Å². The van der Waals surface area contributed by atoms with Gasteiger partial charge in [-0.2, -0.15) is 18.4 Å². The number of halogens is 4. The molecule has 0 spiro atoms. The molecule has 0 amide bonds. The van der Waals surface area contributed by atoms with Crippen LogP contribution in [0.3, 0.4) is 0 Å². The molecule has 25 heavy (non-hydrogen) atoms. The molecule has 0 saturated heterocycles. The molecule has 1 N–H and O–H groups in total. The van der Waals surface area contributed by atoms with E-state index < -0.39 is 32.3 Å². The molecule has 0 aromatic heterocycles. The van der Waals surface area contributed by atoms with Gasteiger partial charge in [0.25, 0.3) is 0 Å². The molecular weight excluding hydrogens is 360 g/mol. The van der Waals surface area contributed by atoms with Crippen LogP contribution >= 0.6 is 0 Å². The van der Waals surface area contributed by atoms with Crippen molar-refractivity contribution in [1.29, 1.82) is 10.7 Å². The minimum Gasteiger partial charge on any atom is -0.257 e. The average molecular weight is 384 g/mol. The zero-order valence-electron chi connectivity index (χ0n) is 14.3. The van der Waals surface area contributed by atoms with Crippen molar-refractivity contribution >= 4 is 15.7 Å². The largest absolute Gasteiger partial charge is 0.437 e. The van der Waals surface area contributed by atoms with E-state index in [0.29, 0.717) is 6.42 Å². The fourth-order valence-electron chi connectivity index (χ4n) is 2.41. The van der Waals surface area contributed by atoms with Crippen LogP contribution in [0.5, 0.6) is 0 Å². The first-order valence-corrected chi connectivity index (χ1v) is 9.76. The standard InChI is InChI=1S/C16H24F4N2O2S/c1-2-3-4-5-6-7-8-9-10-11-15(17,16(18,19)20)25(23,24)14(12-21)13-22/h21H,2-11H2,1H3. The summed E-state index contributed by atoms with van der Waals surface area (Å²) < 4.78 is 77.0. The molecule has 0 bridgehead atoms. The minimum atomic E-state index is -5.69. The van der Waals surface area contributed by atoms with Gasteiger partial charge in [-0.15, -0.1) is 0 Å². The van der Waals surface area contributed by atoms with Gasteiger partial charge in [-0.1, -0.05) is 58.3 Å². The summed E-state index contributed by atoms with van der Waals surface area (Å²) in [5, 5.41) is 10.6. The van der Waals surface area contributed by atoms with Crippen LogP contribution in [-0.4, -0.2) is 25.5 Å². The third kappa shape index (κ3) is 6.44. The Bertz CT molecular complexity index is 605. The number of nitrogens with one attached hydrogen (secondary N) is 1. The van der Waals surface area contributed by atoms with Gasteiger partial charge in [-0.3, -0.25) is 5.41 Å². The molecule has 4 nitrogen and oxygen atoms in total. The van der Waals surface area contributed by atoms with Crippen LogP contribution in [0.4, 0.5) is 17.6 Å². The van der Waals surface area contributed by atoms with E-state index >= 15 is 0 Å². The topological polar surface area (TPSA) is 81.8 Å². The van der Waals surface area contributed by atoms with Crippen molar-refractivity contribution in [2.75, 3.05) is 0 Å². The van der Waals surface area contributed by atoms with Crippen LogP contribution in [0, 0.1) is 16.7 Å². The highest BCUT2D eigenvalue weighted by Gasteiger charge is 2.66. The van der Waals surface area contributed by atoms with E-state index in [4.69, 9.17) is 10.7 Å². The SMILES string of the molecule is CCCCCCCCCCCC(F)(C(F)(F)F)S(=O)(=O)C(=C=N)C#N.